The number of anilines is 1. The highest BCUT2D eigenvalue weighted by molar-refractivity contribution is 5.94. The summed E-state index contributed by atoms with van der Waals surface area (Å²) in [5.41, 5.74) is 0. The Bertz CT molecular complexity index is 583. The number of fused-ring (bicyclic) bond motifs is 1. The predicted molar refractivity (Wildman–Crippen MR) is 68.2 cm³/mol. The Morgan fingerprint density at radius 3 is 2.68 bits per heavy atom. The second-order valence-corrected chi connectivity index (χ2v) is 4.27. The molecule has 2 N–H and O–H groups in total. The van der Waals surface area contributed by atoms with Crippen molar-refractivity contribution in [2.24, 2.45) is 0 Å². The highest BCUT2D eigenvalue weighted by atomic mass is 16.6. The largest absolute Gasteiger partial charge is 0.482 e. The molecule has 98 valence electrons. The molecule has 1 aliphatic heterocycles. The van der Waals surface area contributed by atoms with Crippen molar-refractivity contribution in [1.29, 1.82) is 0 Å². The first-order valence-corrected chi connectivity index (χ1v) is 5.96. The molecular weight excluding hydrogens is 246 g/mol. The summed E-state index contributed by atoms with van der Waals surface area (Å²) < 4.78 is 11.4. The van der Waals surface area contributed by atoms with E-state index in [-0.39, 0.29) is 12.0 Å². The number of ether oxygens (including phenoxy) is 2. The van der Waals surface area contributed by atoms with Crippen LogP contribution in [0, 0.1) is 0 Å². The highest BCUT2D eigenvalue weighted by Gasteiger charge is 2.34. The average Bonchev–Trinajstić information content (AvgIpc) is 2.90. The van der Waals surface area contributed by atoms with Crippen LogP contribution in [0.25, 0.3) is 0 Å². The number of amides is 1. The van der Waals surface area contributed by atoms with Crippen molar-refractivity contribution >= 4 is 11.7 Å². The number of hydrogen-bond acceptors (Lipinski definition) is 4. The molecular formula is C13H13N3O3. The maximum Gasteiger partial charge on any atom is 0.270 e. The lowest BCUT2D eigenvalue weighted by molar-refractivity contribution is -0.128. The van der Waals surface area contributed by atoms with Gasteiger partial charge in [-0.05, 0) is 19.1 Å². The van der Waals surface area contributed by atoms with E-state index >= 15 is 0 Å². The Kier molecular flexibility index (Phi) is 2.83. The minimum Gasteiger partial charge on any atom is -0.482 e. The van der Waals surface area contributed by atoms with E-state index < -0.39 is 6.10 Å². The fourth-order valence-corrected chi connectivity index (χ4v) is 1.94. The average molecular weight is 259 g/mol. The standard InChI is InChI=1S/C13H13N3O3/c1-8-12(13(17)15-11-6-7-14-16-11)19-10-5-3-2-4-9(10)18-8/h2-8,12H,1H3,(H2,14,15,16,17). The molecule has 0 saturated carbocycles. The number of aromatic amines is 1. The van der Waals surface area contributed by atoms with Gasteiger partial charge in [0.1, 0.15) is 11.9 Å². The third-order valence-corrected chi connectivity index (χ3v) is 2.86. The predicted octanol–water partition coefficient (Wildman–Crippen LogP) is 1.58. The first kappa shape index (κ1) is 11.6. The van der Waals surface area contributed by atoms with E-state index in [0.29, 0.717) is 17.3 Å². The molecule has 2 heterocycles. The Morgan fingerprint density at radius 2 is 2.00 bits per heavy atom. The van der Waals surface area contributed by atoms with Crippen LogP contribution < -0.4 is 14.8 Å². The second-order valence-electron chi connectivity index (χ2n) is 4.27. The first-order chi connectivity index (χ1) is 9.24. The monoisotopic (exact) mass is 259 g/mol. The van der Waals surface area contributed by atoms with Gasteiger partial charge in [0.05, 0.1) is 6.20 Å². The van der Waals surface area contributed by atoms with Crippen molar-refractivity contribution in [2.45, 2.75) is 19.1 Å². The lowest BCUT2D eigenvalue weighted by Gasteiger charge is -2.30. The number of para-hydroxylation sites is 2. The van der Waals surface area contributed by atoms with E-state index in [1.807, 2.05) is 18.2 Å². The number of hydrogen-bond donors (Lipinski definition) is 2. The molecule has 0 bridgehead atoms. The molecule has 2 atom stereocenters. The van der Waals surface area contributed by atoms with Crippen molar-refractivity contribution < 1.29 is 14.3 Å². The molecule has 0 spiro atoms. The van der Waals surface area contributed by atoms with Crippen LogP contribution >= 0.6 is 0 Å². The van der Waals surface area contributed by atoms with Gasteiger partial charge >= 0.3 is 0 Å². The minimum atomic E-state index is -0.696. The maximum atomic E-state index is 12.1. The fourth-order valence-electron chi connectivity index (χ4n) is 1.94. The maximum absolute atomic E-state index is 12.1. The molecule has 19 heavy (non-hydrogen) atoms. The van der Waals surface area contributed by atoms with Gasteiger partial charge in [0.15, 0.2) is 11.5 Å². The molecule has 1 aromatic heterocycles. The summed E-state index contributed by atoms with van der Waals surface area (Å²) in [4.78, 5) is 12.1. The molecule has 0 aliphatic carbocycles. The van der Waals surface area contributed by atoms with Gasteiger partial charge in [-0.1, -0.05) is 12.1 Å². The van der Waals surface area contributed by atoms with Gasteiger partial charge < -0.3 is 14.8 Å². The van der Waals surface area contributed by atoms with Crippen LogP contribution in [0.5, 0.6) is 11.5 Å². The number of nitrogens with one attached hydrogen (secondary N) is 2. The normalized spacial score (nSPS) is 20.9. The van der Waals surface area contributed by atoms with Gasteiger partial charge in [0, 0.05) is 6.07 Å². The lowest BCUT2D eigenvalue weighted by atomic mass is 10.1. The van der Waals surface area contributed by atoms with Crippen LogP contribution in [0.3, 0.4) is 0 Å². The number of aromatic nitrogens is 2. The van der Waals surface area contributed by atoms with Gasteiger partial charge in [-0.25, -0.2) is 0 Å². The van der Waals surface area contributed by atoms with E-state index in [1.54, 1.807) is 25.3 Å². The molecule has 1 aromatic carbocycles. The molecule has 2 unspecified atom stereocenters. The number of nitrogens with zero attached hydrogens (tertiary/aromatic N) is 1. The summed E-state index contributed by atoms with van der Waals surface area (Å²) in [6, 6.07) is 8.95. The zero-order chi connectivity index (χ0) is 13.2. The highest BCUT2D eigenvalue weighted by Crippen LogP contribution is 2.33. The van der Waals surface area contributed by atoms with Gasteiger partial charge in [-0.2, -0.15) is 5.10 Å². The van der Waals surface area contributed by atoms with E-state index in [2.05, 4.69) is 15.5 Å². The summed E-state index contributed by atoms with van der Waals surface area (Å²) in [6.07, 6.45) is 0.503. The molecule has 2 aromatic rings. The molecule has 0 saturated heterocycles. The smallest absolute Gasteiger partial charge is 0.270 e. The molecule has 6 nitrogen and oxygen atoms in total. The van der Waals surface area contributed by atoms with E-state index in [9.17, 15) is 4.79 Å². The van der Waals surface area contributed by atoms with Gasteiger partial charge in [-0.15, -0.1) is 0 Å². The summed E-state index contributed by atoms with van der Waals surface area (Å²) in [5, 5.41) is 9.12. The minimum absolute atomic E-state index is 0.272. The van der Waals surface area contributed by atoms with E-state index in [0.717, 1.165) is 0 Å². The topological polar surface area (TPSA) is 76.2 Å². The van der Waals surface area contributed by atoms with Crippen LogP contribution in [0.1, 0.15) is 6.92 Å². The lowest BCUT2D eigenvalue weighted by Crippen LogP contribution is -2.46. The molecule has 1 aliphatic rings. The zero-order valence-corrected chi connectivity index (χ0v) is 10.3. The van der Waals surface area contributed by atoms with Crippen molar-refractivity contribution in [3.8, 4) is 11.5 Å². The Hall–Kier alpha value is -2.50. The van der Waals surface area contributed by atoms with Crippen LogP contribution in [-0.2, 0) is 4.79 Å². The SMILES string of the molecule is CC1Oc2ccccc2OC1C(=O)Nc1ccn[nH]1. The second kappa shape index (κ2) is 4.64. The first-order valence-electron chi connectivity index (χ1n) is 5.96. The van der Waals surface area contributed by atoms with Gasteiger partial charge in [-0.3, -0.25) is 9.89 Å². The van der Waals surface area contributed by atoms with Crippen molar-refractivity contribution in [3.63, 3.8) is 0 Å². The van der Waals surface area contributed by atoms with E-state index in [4.69, 9.17) is 9.47 Å². The zero-order valence-electron chi connectivity index (χ0n) is 10.3. The van der Waals surface area contributed by atoms with Crippen molar-refractivity contribution in [2.75, 3.05) is 5.32 Å². The Balaban J connectivity index is 1.77. The fraction of sp³-hybridized carbons (Fsp3) is 0.231. The third-order valence-electron chi connectivity index (χ3n) is 2.86. The van der Waals surface area contributed by atoms with Crippen LogP contribution in [0.2, 0.25) is 0 Å². The number of carbonyl (C=O) groups is 1. The molecule has 6 heteroatoms. The molecule has 0 radical (unpaired) electrons. The molecule has 3 rings (SSSR count). The summed E-state index contributed by atoms with van der Waals surface area (Å²) >= 11 is 0. The number of rotatable bonds is 2. The third kappa shape index (κ3) is 2.24. The summed E-state index contributed by atoms with van der Waals surface area (Å²) in [6.45, 7) is 1.80. The van der Waals surface area contributed by atoms with Gasteiger partial charge in [0.2, 0.25) is 6.10 Å². The number of benzene rings is 1. The summed E-state index contributed by atoms with van der Waals surface area (Å²) in [7, 11) is 0. The van der Waals surface area contributed by atoms with Gasteiger partial charge in [0.25, 0.3) is 5.91 Å². The summed E-state index contributed by atoms with van der Waals surface area (Å²) in [5.74, 6) is 1.48. The molecule has 0 fully saturated rings. The van der Waals surface area contributed by atoms with Crippen molar-refractivity contribution in [1.82, 2.24) is 10.2 Å². The van der Waals surface area contributed by atoms with Crippen LogP contribution in [0.15, 0.2) is 36.5 Å². The van der Waals surface area contributed by atoms with E-state index in [1.165, 1.54) is 0 Å². The quantitative estimate of drug-likeness (QED) is 0.858. The Labute approximate surface area is 109 Å². The van der Waals surface area contributed by atoms with Crippen LogP contribution in [-0.4, -0.2) is 28.3 Å². The number of carbonyl (C=O) groups excluding carboxylic acids is 1. The molecule has 1 amide bonds. The van der Waals surface area contributed by atoms with Crippen molar-refractivity contribution in [3.05, 3.63) is 36.5 Å². The number of H-pyrrole nitrogens is 1. The van der Waals surface area contributed by atoms with Crippen LogP contribution in [0.4, 0.5) is 5.82 Å². The Morgan fingerprint density at radius 1 is 1.26 bits per heavy atom.